The molecule has 0 atom stereocenters. The van der Waals surface area contributed by atoms with Gasteiger partial charge in [0, 0.05) is 17.7 Å². The second-order valence-corrected chi connectivity index (χ2v) is 4.10. The lowest BCUT2D eigenvalue weighted by atomic mass is 10.1. The molecule has 96 valence electrons. The van der Waals surface area contributed by atoms with Crippen LogP contribution in [-0.2, 0) is 6.54 Å². The second-order valence-electron chi connectivity index (χ2n) is 4.10. The number of aryl methyl sites for hydroxylation is 1. The smallest absolute Gasteiger partial charge is 0.263 e. The highest BCUT2D eigenvalue weighted by molar-refractivity contribution is 5.70. The van der Waals surface area contributed by atoms with Crippen LogP contribution in [0.1, 0.15) is 25.3 Å². The van der Waals surface area contributed by atoms with Gasteiger partial charge in [0.05, 0.1) is 6.33 Å². The van der Waals surface area contributed by atoms with E-state index in [2.05, 4.69) is 4.98 Å². The fraction of sp³-hybridized carbons (Fsp3) is 0.308. The van der Waals surface area contributed by atoms with Gasteiger partial charge in [-0.25, -0.2) is 13.8 Å². The Labute approximate surface area is 104 Å². The molecule has 0 aliphatic carbocycles. The molecule has 0 radical (unpaired) electrons. The van der Waals surface area contributed by atoms with Crippen LogP contribution in [0.15, 0.2) is 30.6 Å². The highest BCUT2D eigenvalue weighted by Crippen LogP contribution is 2.28. The zero-order chi connectivity index (χ0) is 13.1. The van der Waals surface area contributed by atoms with E-state index >= 15 is 0 Å². The van der Waals surface area contributed by atoms with E-state index in [1.54, 1.807) is 18.5 Å². The first kappa shape index (κ1) is 12.5. The Hall–Kier alpha value is -1.91. The fourth-order valence-electron chi connectivity index (χ4n) is 1.85. The normalized spacial score (nSPS) is 11.1. The summed E-state index contributed by atoms with van der Waals surface area (Å²) in [5.41, 5.74) is 7.13. The molecule has 1 heterocycles. The van der Waals surface area contributed by atoms with E-state index in [0.29, 0.717) is 17.1 Å². The van der Waals surface area contributed by atoms with Crippen LogP contribution < -0.4 is 5.73 Å². The molecule has 2 aromatic rings. The molecule has 0 unspecified atom stereocenters. The van der Waals surface area contributed by atoms with E-state index in [0.717, 1.165) is 13.0 Å². The molecule has 0 aliphatic rings. The van der Waals surface area contributed by atoms with Gasteiger partial charge in [0.25, 0.3) is 6.43 Å². The molecule has 5 heteroatoms. The fourth-order valence-corrected chi connectivity index (χ4v) is 1.85. The predicted octanol–water partition coefficient (Wildman–Crippen LogP) is 3.48. The van der Waals surface area contributed by atoms with Gasteiger partial charge in [-0.3, -0.25) is 0 Å². The van der Waals surface area contributed by atoms with Crippen LogP contribution in [0.4, 0.5) is 14.6 Å². The van der Waals surface area contributed by atoms with Crippen LogP contribution in [0.25, 0.3) is 11.3 Å². The van der Waals surface area contributed by atoms with Crippen LogP contribution in [0.5, 0.6) is 0 Å². The third-order valence-corrected chi connectivity index (χ3v) is 2.75. The number of nitrogens with zero attached hydrogens (tertiary/aromatic N) is 2. The van der Waals surface area contributed by atoms with Gasteiger partial charge in [0.1, 0.15) is 11.5 Å². The Morgan fingerprint density at radius 2 is 2.17 bits per heavy atom. The summed E-state index contributed by atoms with van der Waals surface area (Å²) >= 11 is 0. The number of hydrogen-bond acceptors (Lipinski definition) is 2. The maximum atomic E-state index is 12.6. The van der Waals surface area contributed by atoms with Gasteiger partial charge in [0.15, 0.2) is 0 Å². The summed E-state index contributed by atoms with van der Waals surface area (Å²) in [4.78, 5) is 4.20. The number of alkyl halides is 2. The zero-order valence-corrected chi connectivity index (χ0v) is 10.1. The van der Waals surface area contributed by atoms with Crippen molar-refractivity contribution in [3.63, 3.8) is 0 Å². The summed E-state index contributed by atoms with van der Waals surface area (Å²) < 4.78 is 27.1. The minimum atomic E-state index is -2.48. The minimum Gasteiger partial charge on any atom is -0.383 e. The van der Waals surface area contributed by atoms with Crippen molar-refractivity contribution < 1.29 is 8.78 Å². The van der Waals surface area contributed by atoms with E-state index in [9.17, 15) is 8.78 Å². The third kappa shape index (κ3) is 2.34. The lowest BCUT2D eigenvalue weighted by molar-refractivity contribution is 0.151. The molecule has 0 bridgehead atoms. The van der Waals surface area contributed by atoms with Gasteiger partial charge in [0.2, 0.25) is 0 Å². The summed E-state index contributed by atoms with van der Waals surface area (Å²) in [6.45, 7) is 2.81. The standard InChI is InChI=1S/C13H15F2N3/c1-2-6-18-8-17-11(13(18)16)9-4-3-5-10(7-9)12(14)15/h3-5,7-8,12H,2,6,16H2,1H3. The predicted molar refractivity (Wildman–Crippen MR) is 67.3 cm³/mol. The first-order chi connectivity index (χ1) is 8.63. The minimum absolute atomic E-state index is 0.0167. The number of benzene rings is 1. The molecule has 18 heavy (non-hydrogen) atoms. The molecule has 0 fully saturated rings. The van der Waals surface area contributed by atoms with E-state index in [4.69, 9.17) is 5.73 Å². The van der Waals surface area contributed by atoms with Gasteiger partial charge >= 0.3 is 0 Å². The lowest BCUT2D eigenvalue weighted by Crippen LogP contribution is -2.01. The van der Waals surface area contributed by atoms with Crippen molar-refractivity contribution in [1.82, 2.24) is 9.55 Å². The maximum absolute atomic E-state index is 12.6. The maximum Gasteiger partial charge on any atom is 0.263 e. The van der Waals surface area contributed by atoms with E-state index in [-0.39, 0.29) is 5.56 Å². The molecule has 0 spiro atoms. The van der Waals surface area contributed by atoms with E-state index in [1.807, 2.05) is 11.5 Å². The van der Waals surface area contributed by atoms with Crippen molar-refractivity contribution in [2.75, 3.05) is 5.73 Å². The third-order valence-electron chi connectivity index (χ3n) is 2.75. The Kier molecular flexibility index (Phi) is 3.60. The molecule has 2 rings (SSSR count). The topological polar surface area (TPSA) is 43.8 Å². The lowest BCUT2D eigenvalue weighted by Gasteiger charge is -2.05. The molecule has 1 aromatic heterocycles. The molecule has 3 nitrogen and oxygen atoms in total. The highest BCUT2D eigenvalue weighted by atomic mass is 19.3. The quantitative estimate of drug-likeness (QED) is 0.904. The average Bonchev–Trinajstić information content (AvgIpc) is 2.72. The highest BCUT2D eigenvalue weighted by Gasteiger charge is 2.12. The van der Waals surface area contributed by atoms with Crippen molar-refractivity contribution in [3.8, 4) is 11.3 Å². The van der Waals surface area contributed by atoms with Gasteiger partial charge in [-0.05, 0) is 12.5 Å². The number of nitrogen functional groups attached to an aromatic ring is 1. The Balaban J connectivity index is 2.39. The number of rotatable bonds is 4. The largest absolute Gasteiger partial charge is 0.383 e. The molecule has 1 aromatic carbocycles. The number of aromatic nitrogens is 2. The van der Waals surface area contributed by atoms with Gasteiger partial charge < -0.3 is 10.3 Å². The van der Waals surface area contributed by atoms with Crippen molar-refractivity contribution in [3.05, 3.63) is 36.2 Å². The molecular formula is C13H15F2N3. The van der Waals surface area contributed by atoms with Gasteiger partial charge in [-0.15, -0.1) is 0 Å². The van der Waals surface area contributed by atoms with Crippen molar-refractivity contribution in [2.24, 2.45) is 0 Å². The number of anilines is 1. The Bertz CT molecular complexity index is 535. The SMILES string of the molecule is CCCn1cnc(-c2cccc(C(F)F)c2)c1N. The second kappa shape index (κ2) is 5.16. The van der Waals surface area contributed by atoms with Gasteiger partial charge in [-0.1, -0.05) is 25.1 Å². The average molecular weight is 251 g/mol. The number of nitrogens with two attached hydrogens (primary N) is 1. The van der Waals surface area contributed by atoms with Crippen molar-refractivity contribution in [1.29, 1.82) is 0 Å². The van der Waals surface area contributed by atoms with Gasteiger partial charge in [-0.2, -0.15) is 0 Å². The first-order valence-electron chi connectivity index (χ1n) is 5.82. The zero-order valence-electron chi connectivity index (χ0n) is 10.1. The van der Waals surface area contributed by atoms with Crippen LogP contribution in [-0.4, -0.2) is 9.55 Å². The van der Waals surface area contributed by atoms with E-state index in [1.165, 1.54) is 12.1 Å². The molecule has 0 saturated carbocycles. The number of halogens is 2. The summed E-state index contributed by atoms with van der Waals surface area (Å²) in [6.07, 6.45) is 0.101. The van der Waals surface area contributed by atoms with Crippen LogP contribution in [0, 0.1) is 0 Å². The molecule has 0 saturated heterocycles. The van der Waals surface area contributed by atoms with E-state index < -0.39 is 6.43 Å². The molecule has 0 amide bonds. The van der Waals surface area contributed by atoms with Crippen LogP contribution in [0.2, 0.25) is 0 Å². The van der Waals surface area contributed by atoms with Crippen LogP contribution >= 0.6 is 0 Å². The molecular weight excluding hydrogens is 236 g/mol. The van der Waals surface area contributed by atoms with Crippen LogP contribution in [0.3, 0.4) is 0 Å². The summed E-state index contributed by atoms with van der Waals surface area (Å²) in [5, 5.41) is 0. The first-order valence-corrected chi connectivity index (χ1v) is 5.82. The summed E-state index contributed by atoms with van der Waals surface area (Å²) in [6, 6.07) is 6.16. The Morgan fingerprint density at radius 3 is 2.83 bits per heavy atom. The number of imidazole rings is 1. The Morgan fingerprint density at radius 1 is 1.39 bits per heavy atom. The molecule has 2 N–H and O–H groups in total. The number of hydrogen-bond donors (Lipinski definition) is 1. The van der Waals surface area contributed by atoms with Crippen molar-refractivity contribution >= 4 is 5.82 Å². The monoisotopic (exact) mass is 251 g/mol. The summed E-state index contributed by atoms with van der Waals surface area (Å²) in [5.74, 6) is 0.517. The summed E-state index contributed by atoms with van der Waals surface area (Å²) in [7, 11) is 0. The van der Waals surface area contributed by atoms with Crippen molar-refractivity contribution in [2.45, 2.75) is 26.3 Å². The molecule has 0 aliphatic heterocycles.